The molecule has 3 atom stereocenters. The fraction of sp³-hybridized carbons (Fsp3) is 0.611. The Kier molecular flexibility index (Phi) is 5.65. The Hall–Kier alpha value is -1.43. The van der Waals surface area contributed by atoms with Crippen LogP contribution in [0.1, 0.15) is 30.9 Å². The van der Waals surface area contributed by atoms with Crippen molar-refractivity contribution in [3.63, 3.8) is 0 Å². The standard InChI is InChI=1S/C18H27N3O2/c19-16-7-6-15(12-16)18(22)20-17(14-4-2-1-3-5-14)13-21-8-10-23-11-9-21/h1-5,15-17H,6-13,19H2,(H,20,22). The minimum atomic E-state index is 0.0265. The highest BCUT2D eigenvalue weighted by molar-refractivity contribution is 5.79. The number of hydrogen-bond acceptors (Lipinski definition) is 4. The molecule has 1 saturated carbocycles. The van der Waals surface area contributed by atoms with Gasteiger partial charge in [-0.1, -0.05) is 30.3 Å². The number of benzene rings is 1. The molecule has 3 rings (SSSR count). The summed E-state index contributed by atoms with van der Waals surface area (Å²) in [7, 11) is 0. The first-order valence-electron chi connectivity index (χ1n) is 8.63. The van der Waals surface area contributed by atoms with Gasteiger partial charge in [-0.25, -0.2) is 0 Å². The average molecular weight is 317 g/mol. The van der Waals surface area contributed by atoms with Gasteiger partial charge in [-0.3, -0.25) is 9.69 Å². The molecule has 3 N–H and O–H groups in total. The number of amides is 1. The van der Waals surface area contributed by atoms with Crippen LogP contribution in [0.15, 0.2) is 30.3 Å². The lowest BCUT2D eigenvalue weighted by Gasteiger charge is -2.31. The molecule has 1 aromatic rings. The lowest BCUT2D eigenvalue weighted by atomic mass is 10.0. The van der Waals surface area contributed by atoms with Gasteiger partial charge in [-0.15, -0.1) is 0 Å². The summed E-state index contributed by atoms with van der Waals surface area (Å²) in [5, 5.41) is 3.27. The molecule has 2 aliphatic rings. The molecular formula is C18H27N3O2. The molecule has 0 bridgehead atoms. The maximum Gasteiger partial charge on any atom is 0.223 e. The number of rotatable bonds is 5. The molecule has 23 heavy (non-hydrogen) atoms. The van der Waals surface area contributed by atoms with Crippen molar-refractivity contribution in [3.8, 4) is 0 Å². The van der Waals surface area contributed by atoms with E-state index in [0.717, 1.165) is 57.7 Å². The van der Waals surface area contributed by atoms with E-state index < -0.39 is 0 Å². The Morgan fingerprint density at radius 2 is 2.00 bits per heavy atom. The topological polar surface area (TPSA) is 67.6 Å². The van der Waals surface area contributed by atoms with Gasteiger partial charge in [-0.2, -0.15) is 0 Å². The third kappa shape index (κ3) is 4.53. The Morgan fingerprint density at radius 1 is 1.26 bits per heavy atom. The van der Waals surface area contributed by atoms with E-state index >= 15 is 0 Å². The zero-order chi connectivity index (χ0) is 16.1. The predicted molar refractivity (Wildman–Crippen MR) is 89.9 cm³/mol. The molecule has 0 aromatic heterocycles. The number of carbonyl (C=O) groups excluding carboxylic acids is 1. The van der Waals surface area contributed by atoms with E-state index in [4.69, 9.17) is 10.5 Å². The van der Waals surface area contributed by atoms with E-state index in [-0.39, 0.29) is 23.9 Å². The van der Waals surface area contributed by atoms with Gasteiger partial charge in [0.2, 0.25) is 5.91 Å². The number of hydrogen-bond donors (Lipinski definition) is 2. The highest BCUT2D eigenvalue weighted by atomic mass is 16.5. The molecule has 1 aromatic carbocycles. The molecule has 1 heterocycles. The zero-order valence-electron chi connectivity index (χ0n) is 13.6. The Labute approximate surface area is 138 Å². The predicted octanol–water partition coefficient (Wildman–Crippen LogP) is 1.30. The molecule has 3 unspecified atom stereocenters. The number of ether oxygens (including phenoxy) is 1. The molecule has 0 radical (unpaired) electrons. The summed E-state index contributed by atoms with van der Waals surface area (Å²) in [5.41, 5.74) is 7.11. The van der Waals surface area contributed by atoms with Crippen LogP contribution in [0.3, 0.4) is 0 Å². The van der Waals surface area contributed by atoms with Crippen LogP contribution >= 0.6 is 0 Å². The van der Waals surface area contributed by atoms with E-state index in [1.54, 1.807) is 0 Å². The van der Waals surface area contributed by atoms with Crippen LogP contribution in [0.5, 0.6) is 0 Å². The lowest BCUT2D eigenvalue weighted by molar-refractivity contribution is -0.125. The van der Waals surface area contributed by atoms with Crippen LogP contribution in [-0.2, 0) is 9.53 Å². The summed E-state index contributed by atoms with van der Waals surface area (Å²) in [4.78, 5) is 15.0. The van der Waals surface area contributed by atoms with Gasteiger partial charge in [0.1, 0.15) is 0 Å². The first-order valence-corrected chi connectivity index (χ1v) is 8.63. The largest absolute Gasteiger partial charge is 0.379 e. The van der Waals surface area contributed by atoms with Crippen molar-refractivity contribution in [1.29, 1.82) is 0 Å². The maximum atomic E-state index is 12.6. The molecule has 126 valence electrons. The number of carbonyl (C=O) groups is 1. The van der Waals surface area contributed by atoms with Crippen LogP contribution in [0, 0.1) is 5.92 Å². The second-order valence-electron chi connectivity index (χ2n) is 6.65. The minimum absolute atomic E-state index is 0.0265. The molecule has 2 fully saturated rings. The monoisotopic (exact) mass is 317 g/mol. The average Bonchev–Trinajstić information content (AvgIpc) is 3.03. The number of morpholine rings is 1. The van der Waals surface area contributed by atoms with E-state index in [0.29, 0.717) is 0 Å². The number of nitrogens with two attached hydrogens (primary N) is 1. The fourth-order valence-corrected chi connectivity index (χ4v) is 3.51. The van der Waals surface area contributed by atoms with Crippen molar-refractivity contribution in [2.24, 2.45) is 11.7 Å². The maximum absolute atomic E-state index is 12.6. The number of nitrogens with one attached hydrogen (secondary N) is 1. The summed E-state index contributed by atoms with van der Waals surface area (Å²) in [6.07, 6.45) is 2.68. The van der Waals surface area contributed by atoms with Crippen molar-refractivity contribution >= 4 is 5.91 Å². The molecule has 5 heteroatoms. The second kappa shape index (κ2) is 7.90. The highest BCUT2D eigenvalue weighted by Crippen LogP contribution is 2.25. The van der Waals surface area contributed by atoms with Crippen LogP contribution in [0.25, 0.3) is 0 Å². The van der Waals surface area contributed by atoms with Crippen molar-refractivity contribution < 1.29 is 9.53 Å². The van der Waals surface area contributed by atoms with Crippen molar-refractivity contribution in [2.45, 2.75) is 31.3 Å². The normalized spacial score (nSPS) is 26.8. The smallest absolute Gasteiger partial charge is 0.223 e. The third-order valence-electron chi connectivity index (χ3n) is 4.91. The Bertz CT molecular complexity index is 502. The summed E-state index contributed by atoms with van der Waals surface area (Å²) in [5.74, 6) is 0.223. The van der Waals surface area contributed by atoms with E-state index in [2.05, 4.69) is 22.3 Å². The van der Waals surface area contributed by atoms with Gasteiger partial charge in [-0.05, 0) is 24.8 Å². The molecule has 1 aliphatic heterocycles. The molecule has 0 spiro atoms. The summed E-state index contributed by atoms with van der Waals surface area (Å²) in [6, 6.07) is 10.4. The summed E-state index contributed by atoms with van der Waals surface area (Å²) in [6.45, 7) is 4.22. The fourth-order valence-electron chi connectivity index (χ4n) is 3.51. The SMILES string of the molecule is NC1CCC(C(=O)NC(CN2CCOCC2)c2ccccc2)C1. The van der Waals surface area contributed by atoms with Crippen molar-refractivity contribution in [3.05, 3.63) is 35.9 Å². The first kappa shape index (κ1) is 16.4. The molecule has 1 amide bonds. The van der Waals surface area contributed by atoms with Crippen LogP contribution in [0.2, 0.25) is 0 Å². The highest BCUT2D eigenvalue weighted by Gasteiger charge is 2.30. The first-order chi connectivity index (χ1) is 11.2. The van der Waals surface area contributed by atoms with Gasteiger partial charge in [0.15, 0.2) is 0 Å². The van der Waals surface area contributed by atoms with Gasteiger partial charge < -0.3 is 15.8 Å². The van der Waals surface area contributed by atoms with Gasteiger partial charge in [0.05, 0.1) is 19.3 Å². The lowest BCUT2D eigenvalue weighted by Crippen LogP contribution is -2.44. The summed E-state index contributed by atoms with van der Waals surface area (Å²) >= 11 is 0. The molecule has 5 nitrogen and oxygen atoms in total. The van der Waals surface area contributed by atoms with Gasteiger partial charge >= 0.3 is 0 Å². The van der Waals surface area contributed by atoms with Crippen LogP contribution < -0.4 is 11.1 Å². The van der Waals surface area contributed by atoms with Crippen molar-refractivity contribution in [2.75, 3.05) is 32.8 Å². The molecule has 1 saturated heterocycles. The quantitative estimate of drug-likeness (QED) is 0.859. The third-order valence-corrected chi connectivity index (χ3v) is 4.91. The van der Waals surface area contributed by atoms with Crippen LogP contribution in [0.4, 0.5) is 0 Å². The van der Waals surface area contributed by atoms with E-state index in [1.165, 1.54) is 0 Å². The van der Waals surface area contributed by atoms with Gasteiger partial charge in [0.25, 0.3) is 0 Å². The van der Waals surface area contributed by atoms with E-state index in [9.17, 15) is 4.79 Å². The second-order valence-corrected chi connectivity index (χ2v) is 6.65. The van der Waals surface area contributed by atoms with Crippen LogP contribution in [-0.4, -0.2) is 49.7 Å². The number of nitrogens with zero attached hydrogens (tertiary/aromatic N) is 1. The molecular weight excluding hydrogens is 290 g/mol. The van der Waals surface area contributed by atoms with Crippen molar-refractivity contribution in [1.82, 2.24) is 10.2 Å². The van der Waals surface area contributed by atoms with Gasteiger partial charge in [0, 0.05) is 31.6 Å². The van der Waals surface area contributed by atoms with E-state index in [1.807, 2.05) is 18.2 Å². The summed E-state index contributed by atoms with van der Waals surface area (Å²) < 4.78 is 5.42. The molecule has 1 aliphatic carbocycles. The Balaban J connectivity index is 1.66. The zero-order valence-corrected chi connectivity index (χ0v) is 13.6. The Morgan fingerprint density at radius 3 is 2.65 bits per heavy atom. The minimum Gasteiger partial charge on any atom is -0.379 e.